The van der Waals surface area contributed by atoms with E-state index in [0.29, 0.717) is 16.7 Å². The lowest BCUT2D eigenvalue weighted by Gasteiger charge is -2.11. The van der Waals surface area contributed by atoms with Crippen LogP contribution >= 0.6 is 0 Å². The van der Waals surface area contributed by atoms with E-state index in [1.165, 1.54) is 0 Å². The Hall–Kier alpha value is -2.08. The van der Waals surface area contributed by atoms with Gasteiger partial charge in [-0.15, -0.1) is 0 Å². The molecule has 0 saturated heterocycles. The monoisotopic (exact) mass is 221 g/mol. The number of fused-ring (bicyclic) bond motifs is 1. The molecule has 0 aliphatic carbocycles. The Labute approximate surface area is 90.4 Å². The normalized spacial score (nSPS) is 12.8. The van der Waals surface area contributed by atoms with Crippen LogP contribution in [0.15, 0.2) is 27.4 Å². The second-order valence-electron chi connectivity index (χ2n) is 3.39. The van der Waals surface area contributed by atoms with E-state index < -0.39 is 17.7 Å². The molecular formula is C10H11N3O3. The molecule has 6 nitrogen and oxygen atoms in total. The number of oxazole rings is 1. The Bertz CT molecular complexity index is 584. The fourth-order valence-electron chi connectivity index (χ4n) is 1.61. The van der Waals surface area contributed by atoms with Crippen molar-refractivity contribution in [3.8, 4) is 0 Å². The largest absolute Gasteiger partial charge is 0.417 e. The molecule has 1 unspecified atom stereocenters. The molecule has 0 spiro atoms. The molecule has 0 fully saturated rings. The van der Waals surface area contributed by atoms with Crippen molar-refractivity contribution in [3.63, 3.8) is 0 Å². The Morgan fingerprint density at radius 3 is 2.94 bits per heavy atom. The average molecular weight is 221 g/mol. The summed E-state index contributed by atoms with van der Waals surface area (Å²) in [6.07, 6.45) is 0. The lowest BCUT2D eigenvalue weighted by Crippen LogP contribution is -2.31. The standard InChI is InChI=1S/C10H11N3O3/c1-12-8(9(11)14)5-2-3-6-7(4-5)16-10(15)13-6/h2-4,8,12H,1H3,(H2,11,14)(H,13,15). The molecule has 0 aliphatic heterocycles. The molecule has 0 bridgehead atoms. The maximum Gasteiger partial charge on any atom is 0.417 e. The molecule has 1 heterocycles. The van der Waals surface area contributed by atoms with Gasteiger partial charge >= 0.3 is 5.76 Å². The number of hydrogen-bond acceptors (Lipinski definition) is 4. The highest BCUT2D eigenvalue weighted by atomic mass is 16.4. The van der Waals surface area contributed by atoms with Crippen LogP contribution in [0.4, 0.5) is 0 Å². The van der Waals surface area contributed by atoms with E-state index in [-0.39, 0.29) is 0 Å². The highest BCUT2D eigenvalue weighted by Gasteiger charge is 2.16. The van der Waals surface area contributed by atoms with Crippen molar-refractivity contribution in [1.82, 2.24) is 10.3 Å². The van der Waals surface area contributed by atoms with Gasteiger partial charge in [0, 0.05) is 0 Å². The molecule has 4 N–H and O–H groups in total. The van der Waals surface area contributed by atoms with Gasteiger partial charge in [0.1, 0.15) is 6.04 Å². The summed E-state index contributed by atoms with van der Waals surface area (Å²) >= 11 is 0. The third-order valence-corrected chi connectivity index (χ3v) is 2.35. The summed E-state index contributed by atoms with van der Waals surface area (Å²) in [5, 5.41) is 2.78. The molecular weight excluding hydrogens is 210 g/mol. The summed E-state index contributed by atoms with van der Waals surface area (Å²) in [5.41, 5.74) is 6.88. The van der Waals surface area contributed by atoms with Crippen molar-refractivity contribution in [3.05, 3.63) is 34.3 Å². The minimum atomic E-state index is -0.593. The number of rotatable bonds is 3. The van der Waals surface area contributed by atoms with Gasteiger partial charge in [0.05, 0.1) is 5.52 Å². The molecule has 2 aromatic rings. The summed E-state index contributed by atoms with van der Waals surface area (Å²) in [4.78, 5) is 24.6. The minimum Gasteiger partial charge on any atom is -0.408 e. The third kappa shape index (κ3) is 1.70. The number of carbonyl (C=O) groups excluding carboxylic acids is 1. The predicted molar refractivity (Wildman–Crippen MR) is 57.8 cm³/mol. The zero-order valence-corrected chi connectivity index (χ0v) is 8.61. The first-order chi connectivity index (χ1) is 7.61. The van der Waals surface area contributed by atoms with Crippen molar-refractivity contribution in [1.29, 1.82) is 0 Å². The van der Waals surface area contributed by atoms with Gasteiger partial charge in [-0.1, -0.05) is 6.07 Å². The number of aromatic nitrogens is 1. The first-order valence-corrected chi connectivity index (χ1v) is 4.71. The van der Waals surface area contributed by atoms with E-state index in [9.17, 15) is 9.59 Å². The van der Waals surface area contributed by atoms with Crippen molar-refractivity contribution < 1.29 is 9.21 Å². The highest BCUT2D eigenvalue weighted by Crippen LogP contribution is 2.18. The van der Waals surface area contributed by atoms with E-state index in [1.807, 2.05) is 0 Å². The van der Waals surface area contributed by atoms with Crippen molar-refractivity contribution in [2.45, 2.75) is 6.04 Å². The summed E-state index contributed by atoms with van der Waals surface area (Å²) in [6.45, 7) is 0. The number of carbonyl (C=O) groups is 1. The zero-order chi connectivity index (χ0) is 11.7. The first kappa shape index (κ1) is 10.4. The molecule has 0 aliphatic rings. The zero-order valence-electron chi connectivity index (χ0n) is 8.61. The van der Waals surface area contributed by atoms with Gasteiger partial charge in [0.2, 0.25) is 5.91 Å². The SMILES string of the molecule is CNC(C(N)=O)c1ccc2[nH]c(=O)oc2c1. The Morgan fingerprint density at radius 2 is 2.31 bits per heavy atom. The minimum absolute atomic E-state index is 0.406. The molecule has 16 heavy (non-hydrogen) atoms. The van der Waals surface area contributed by atoms with Crippen molar-refractivity contribution in [2.75, 3.05) is 7.05 Å². The first-order valence-electron chi connectivity index (χ1n) is 4.71. The Balaban J connectivity index is 2.53. The van der Waals surface area contributed by atoms with Crippen LogP contribution in [0.2, 0.25) is 0 Å². The molecule has 2 rings (SSSR count). The van der Waals surface area contributed by atoms with E-state index >= 15 is 0 Å². The van der Waals surface area contributed by atoms with Crippen LogP contribution in [-0.2, 0) is 4.79 Å². The quantitative estimate of drug-likeness (QED) is 0.671. The van der Waals surface area contributed by atoms with Crippen LogP contribution in [0.1, 0.15) is 11.6 Å². The van der Waals surface area contributed by atoms with Gasteiger partial charge in [0.15, 0.2) is 5.58 Å². The molecule has 1 amide bonds. The molecule has 1 aromatic heterocycles. The number of nitrogens with one attached hydrogen (secondary N) is 2. The summed E-state index contributed by atoms with van der Waals surface area (Å²) in [6, 6.07) is 4.39. The number of amides is 1. The Kier molecular flexibility index (Phi) is 2.49. The van der Waals surface area contributed by atoms with Crippen LogP contribution < -0.4 is 16.8 Å². The lowest BCUT2D eigenvalue weighted by molar-refractivity contribution is -0.120. The van der Waals surface area contributed by atoms with Gasteiger partial charge < -0.3 is 15.5 Å². The smallest absolute Gasteiger partial charge is 0.408 e. The predicted octanol–water partition coefficient (Wildman–Crippen LogP) is -0.133. The molecule has 1 atom stereocenters. The van der Waals surface area contributed by atoms with Gasteiger partial charge in [-0.2, -0.15) is 0 Å². The fourth-order valence-corrected chi connectivity index (χ4v) is 1.61. The maximum absolute atomic E-state index is 11.1. The number of H-pyrrole nitrogens is 1. The topological polar surface area (TPSA) is 101 Å². The molecule has 6 heteroatoms. The van der Waals surface area contributed by atoms with Crippen molar-refractivity contribution in [2.24, 2.45) is 5.73 Å². The Morgan fingerprint density at radius 1 is 1.56 bits per heavy atom. The molecule has 0 saturated carbocycles. The lowest BCUT2D eigenvalue weighted by atomic mass is 10.1. The number of aromatic amines is 1. The van der Waals surface area contributed by atoms with Gasteiger partial charge in [-0.25, -0.2) is 4.79 Å². The highest BCUT2D eigenvalue weighted by molar-refractivity contribution is 5.83. The van der Waals surface area contributed by atoms with E-state index in [2.05, 4.69) is 10.3 Å². The second-order valence-corrected chi connectivity index (χ2v) is 3.39. The summed E-state index contributed by atoms with van der Waals surface area (Å²) in [7, 11) is 1.63. The molecule has 84 valence electrons. The summed E-state index contributed by atoms with van der Waals surface area (Å²) in [5.74, 6) is -1.01. The van der Waals surface area contributed by atoms with Crippen LogP contribution in [0.25, 0.3) is 11.1 Å². The van der Waals surface area contributed by atoms with Gasteiger partial charge in [0.25, 0.3) is 0 Å². The maximum atomic E-state index is 11.1. The second kappa shape index (κ2) is 3.82. The van der Waals surface area contributed by atoms with E-state index in [0.717, 1.165) is 0 Å². The van der Waals surface area contributed by atoms with Crippen LogP contribution in [0.5, 0.6) is 0 Å². The van der Waals surface area contributed by atoms with E-state index in [4.69, 9.17) is 10.2 Å². The van der Waals surface area contributed by atoms with Crippen LogP contribution in [0, 0.1) is 0 Å². The molecule has 1 aromatic carbocycles. The van der Waals surface area contributed by atoms with E-state index in [1.54, 1.807) is 25.2 Å². The fraction of sp³-hybridized carbons (Fsp3) is 0.200. The number of hydrogen-bond donors (Lipinski definition) is 3. The van der Waals surface area contributed by atoms with Gasteiger partial charge in [-0.3, -0.25) is 9.78 Å². The number of benzene rings is 1. The molecule has 0 radical (unpaired) electrons. The van der Waals surface area contributed by atoms with Crippen molar-refractivity contribution >= 4 is 17.0 Å². The van der Waals surface area contributed by atoms with Gasteiger partial charge in [-0.05, 0) is 24.7 Å². The summed E-state index contributed by atoms with van der Waals surface area (Å²) < 4.78 is 4.89. The van der Waals surface area contributed by atoms with Crippen LogP contribution in [0.3, 0.4) is 0 Å². The van der Waals surface area contributed by atoms with Crippen LogP contribution in [-0.4, -0.2) is 17.9 Å². The third-order valence-electron chi connectivity index (χ3n) is 2.35. The number of likely N-dealkylation sites (N-methyl/N-ethyl adjacent to an activating group) is 1. The number of primary amides is 1. The number of nitrogens with two attached hydrogens (primary N) is 1. The average Bonchev–Trinajstić information content (AvgIpc) is 2.57.